The van der Waals surface area contributed by atoms with Crippen molar-refractivity contribution in [3.63, 3.8) is 0 Å². The van der Waals surface area contributed by atoms with Crippen molar-refractivity contribution in [2.24, 2.45) is 0 Å². The molecule has 0 saturated carbocycles. The van der Waals surface area contributed by atoms with Crippen LogP contribution in [0.2, 0.25) is 0 Å². The first-order valence-corrected chi connectivity index (χ1v) is 6.22. The van der Waals surface area contributed by atoms with Crippen molar-refractivity contribution in [1.82, 2.24) is 5.32 Å². The van der Waals surface area contributed by atoms with E-state index in [-0.39, 0.29) is 11.6 Å². The molecule has 1 N–H and O–H groups in total. The van der Waals surface area contributed by atoms with Gasteiger partial charge in [0.15, 0.2) is 0 Å². The Morgan fingerprint density at radius 3 is 2.82 bits per heavy atom. The van der Waals surface area contributed by atoms with E-state index in [1.54, 1.807) is 0 Å². The summed E-state index contributed by atoms with van der Waals surface area (Å²) in [5, 5.41) is 3.33. The molecule has 0 amide bonds. The maximum atomic E-state index is 11.7. The molecule has 2 heterocycles. The van der Waals surface area contributed by atoms with Crippen molar-refractivity contribution in [1.29, 1.82) is 0 Å². The molecule has 0 unspecified atom stereocenters. The zero-order valence-electron chi connectivity index (χ0n) is 10.1. The number of nitrogens with one attached hydrogen (secondary N) is 1. The second kappa shape index (κ2) is 3.84. The molecule has 1 saturated heterocycles. The van der Waals surface area contributed by atoms with E-state index in [9.17, 15) is 4.79 Å². The molecule has 2 aliphatic heterocycles. The Morgan fingerprint density at radius 2 is 2.06 bits per heavy atom. The molecule has 2 aliphatic rings. The van der Waals surface area contributed by atoms with Crippen LogP contribution in [-0.4, -0.2) is 19.1 Å². The van der Waals surface area contributed by atoms with Crippen molar-refractivity contribution < 1.29 is 9.53 Å². The van der Waals surface area contributed by atoms with Crippen LogP contribution < -0.4 is 5.32 Å². The second-order valence-electron chi connectivity index (χ2n) is 5.06. The molecule has 3 nitrogen and oxygen atoms in total. The predicted octanol–water partition coefficient (Wildman–Crippen LogP) is 1.67. The van der Waals surface area contributed by atoms with E-state index >= 15 is 0 Å². The lowest BCUT2D eigenvalue weighted by molar-refractivity contribution is -0.166. The molecule has 0 radical (unpaired) electrons. The average Bonchev–Trinajstić information content (AvgIpc) is 2.31. The third-order valence-electron chi connectivity index (χ3n) is 3.81. The van der Waals surface area contributed by atoms with Crippen LogP contribution in [0.5, 0.6) is 0 Å². The topological polar surface area (TPSA) is 38.3 Å². The SMILES string of the molecule is Cc1ccc2c(c1)C1(CCNCC1)OC(=O)C2. The zero-order chi connectivity index (χ0) is 11.9. The Kier molecular flexibility index (Phi) is 2.44. The van der Waals surface area contributed by atoms with E-state index in [1.165, 1.54) is 11.1 Å². The Balaban J connectivity index is 2.11. The maximum Gasteiger partial charge on any atom is 0.311 e. The molecular formula is C14H17NO2. The van der Waals surface area contributed by atoms with Crippen molar-refractivity contribution in [3.05, 3.63) is 34.9 Å². The lowest BCUT2D eigenvalue weighted by atomic mass is 9.79. The van der Waals surface area contributed by atoms with Gasteiger partial charge in [0, 0.05) is 12.8 Å². The molecule has 1 aromatic carbocycles. The summed E-state index contributed by atoms with van der Waals surface area (Å²) in [6, 6.07) is 6.34. The molecule has 3 rings (SSSR count). The summed E-state index contributed by atoms with van der Waals surface area (Å²) in [7, 11) is 0. The summed E-state index contributed by atoms with van der Waals surface area (Å²) in [4.78, 5) is 11.7. The van der Waals surface area contributed by atoms with E-state index in [2.05, 4.69) is 30.4 Å². The van der Waals surface area contributed by atoms with Crippen LogP contribution in [0.4, 0.5) is 0 Å². The number of rotatable bonds is 0. The first-order chi connectivity index (χ1) is 8.20. The van der Waals surface area contributed by atoms with Crippen molar-refractivity contribution in [2.45, 2.75) is 31.8 Å². The normalized spacial score (nSPS) is 22.1. The third kappa shape index (κ3) is 1.75. The minimum Gasteiger partial charge on any atom is -0.454 e. The van der Waals surface area contributed by atoms with E-state index < -0.39 is 0 Å². The van der Waals surface area contributed by atoms with Gasteiger partial charge in [-0.3, -0.25) is 4.79 Å². The van der Waals surface area contributed by atoms with Gasteiger partial charge in [0.2, 0.25) is 0 Å². The van der Waals surface area contributed by atoms with Gasteiger partial charge in [-0.25, -0.2) is 0 Å². The van der Waals surface area contributed by atoms with Gasteiger partial charge in [-0.2, -0.15) is 0 Å². The quantitative estimate of drug-likeness (QED) is 0.690. The minimum atomic E-state index is -0.359. The van der Waals surface area contributed by atoms with Gasteiger partial charge in [-0.15, -0.1) is 0 Å². The Hall–Kier alpha value is -1.35. The number of ether oxygens (including phenoxy) is 1. The average molecular weight is 231 g/mol. The smallest absolute Gasteiger partial charge is 0.311 e. The number of hydrogen-bond acceptors (Lipinski definition) is 3. The molecule has 17 heavy (non-hydrogen) atoms. The van der Waals surface area contributed by atoms with Gasteiger partial charge in [0.1, 0.15) is 5.60 Å². The number of carbonyl (C=O) groups excluding carboxylic acids is 1. The summed E-state index contributed by atoms with van der Waals surface area (Å²) >= 11 is 0. The number of piperidine rings is 1. The molecule has 3 heteroatoms. The predicted molar refractivity (Wildman–Crippen MR) is 64.8 cm³/mol. The molecule has 0 aromatic heterocycles. The first kappa shape index (κ1) is 10.8. The third-order valence-corrected chi connectivity index (χ3v) is 3.81. The molecule has 0 aliphatic carbocycles. The van der Waals surface area contributed by atoms with Crippen molar-refractivity contribution >= 4 is 5.97 Å². The van der Waals surface area contributed by atoms with Gasteiger partial charge in [0.25, 0.3) is 0 Å². The second-order valence-corrected chi connectivity index (χ2v) is 5.06. The number of esters is 1. The number of aryl methyl sites for hydroxylation is 1. The van der Waals surface area contributed by atoms with Crippen LogP contribution in [0.3, 0.4) is 0 Å². The number of benzene rings is 1. The van der Waals surface area contributed by atoms with Crippen molar-refractivity contribution in [3.8, 4) is 0 Å². The fraction of sp³-hybridized carbons (Fsp3) is 0.500. The van der Waals surface area contributed by atoms with E-state index in [0.29, 0.717) is 6.42 Å². The molecule has 1 fully saturated rings. The number of fused-ring (bicyclic) bond motifs is 2. The monoisotopic (exact) mass is 231 g/mol. The van der Waals surface area contributed by atoms with Gasteiger partial charge in [0.05, 0.1) is 6.42 Å². The first-order valence-electron chi connectivity index (χ1n) is 6.22. The highest BCUT2D eigenvalue weighted by atomic mass is 16.6. The van der Waals surface area contributed by atoms with E-state index in [1.807, 2.05) is 0 Å². The Morgan fingerprint density at radius 1 is 1.29 bits per heavy atom. The lowest BCUT2D eigenvalue weighted by Crippen LogP contribution is -2.46. The van der Waals surface area contributed by atoms with Gasteiger partial charge < -0.3 is 10.1 Å². The summed E-state index contributed by atoms with van der Waals surface area (Å²) in [6.45, 7) is 3.92. The summed E-state index contributed by atoms with van der Waals surface area (Å²) in [6.07, 6.45) is 2.19. The van der Waals surface area contributed by atoms with Gasteiger partial charge >= 0.3 is 5.97 Å². The van der Waals surface area contributed by atoms with Crippen LogP contribution in [0.15, 0.2) is 18.2 Å². The molecular weight excluding hydrogens is 214 g/mol. The molecule has 1 spiro atoms. The van der Waals surface area contributed by atoms with Crippen LogP contribution >= 0.6 is 0 Å². The van der Waals surface area contributed by atoms with Crippen molar-refractivity contribution in [2.75, 3.05) is 13.1 Å². The largest absolute Gasteiger partial charge is 0.454 e. The fourth-order valence-corrected chi connectivity index (χ4v) is 2.94. The highest BCUT2D eigenvalue weighted by molar-refractivity contribution is 5.76. The number of hydrogen-bond donors (Lipinski definition) is 1. The standard InChI is InChI=1S/C14H17NO2/c1-10-2-3-11-9-13(16)17-14(12(11)8-10)4-6-15-7-5-14/h2-3,8,15H,4-7,9H2,1H3. The zero-order valence-corrected chi connectivity index (χ0v) is 10.1. The Labute approximate surface area is 101 Å². The van der Waals surface area contributed by atoms with Crippen LogP contribution in [-0.2, 0) is 21.6 Å². The number of carbonyl (C=O) groups is 1. The summed E-state index contributed by atoms with van der Waals surface area (Å²) < 4.78 is 5.72. The van der Waals surface area contributed by atoms with Crippen LogP contribution in [0.25, 0.3) is 0 Å². The van der Waals surface area contributed by atoms with Gasteiger partial charge in [-0.05, 0) is 31.1 Å². The molecule has 0 atom stereocenters. The maximum absolute atomic E-state index is 11.7. The molecule has 90 valence electrons. The minimum absolute atomic E-state index is 0.0803. The summed E-state index contributed by atoms with van der Waals surface area (Å²) in [5.41, 5.74) is 3.26. The summed E-state index contributed by atoms with van der Waals surface area (Å²) in [5.74, 6) is -0.0803. The van der Waals surface area contributed by atoms with Gasteiger partial charge in [-0.1, -0.05) is 23.8 Å². The molecule has 0 bridgehead atoms. The highest BCUT2D eigenvalue weighted by Crippen LogP contribution is 2.40. The van der Waals surface area contributed by atoms with Crippen LogP contribution in [0, 0.1) is 6.92 Å². The lowest BCUT2D eigenvalue weighted by Gasteiger charge is -2.41. The fourth-order valence-electron chi connectivity index (χ4n) is 2.94. The van der Waals surface area contributed by atoms with E-state index in [4.69, 9.17) is 4.74 Å². The van der Waals surface area contributed by atoms with E-state index in [0.717, 1.165) is 31.5 Å². The van der Waals surface area contributed by atoms with Crippen LogP contribution in [0.1, 0.15) is 29.5 Å². The highest BCUT2D eigenvalue weighted by Gasteiger charge is 2.42. The Bertz CT molecular complexity index is 461. The molecule has 1 aromatic rings.